The molecule has 0 aromatic heterocycles. The Morgan fingerprint density at radius 3 is 2.84 bits per heavy atom. The fraction of sp³-hybridized carbons (Fsp3) is 0.500. The number of amides is 3. The van der Waals surface area contributed by atoms with Gasteiger partial charge in [-0.25, -0.2) is 0 Å². The Kier molecular flexibility index (Phi) is 4.27. The van der Waals surface area contributed by atoms with Gasteiger partial charge >= 0.3 is 0 Å². The molecule has 3 heterocycles. The average Bonchev–Trinajstić information content (AvgIpc) is 3.22. The topological polar surface area (TPSA) is 90.5 Å². The third-order valence-corrected chi connectivity index (χ3v) is 5.28. The van der Waals surface area contributed by atoms with E-state index < -0.39 is 6.04 Å². The van der Waals surface area contributed by atoms with Crippen molar-refractivity contribution in [3.63, 3.8) is 0 Å². The molecule has 7 heteroatoms. The molecule has 0 saturated carbocycles. The van der Waals surface area contributed by atoms with Gasteiger partial charge in [-0.2, -0.15) is 0 Å². The molecule has 0 radical (unpaired) electrons. The van der Waals surface area contributed by atoms with Crippen LogP contribution in [0.25, 0.3) is 0 Å². The fourth-order valence-corrected chi connectivity index (χ4v) is 3.92. The van der Waals surface area contributed by atoms with Gasteiger partial charge in [-0.1, -0.05) is 18.2 Å². The second-order valence-electron chi connectivity index (χ2n) is 6.92. The number of rotatable bonds is 4. The van der Waals surface area contributed by atoms with E-state index in [-0.39, 0.29) is 24.1 Å². The average molecular weight is 342 g/mol. The Morgan fingerprint density at radius 1 is 1.20 bits per heavy atom. The molecule has 1 aromatic rings. The van der Waals surface area contributed by atoms with Crippen LogP contribution >= 0.6 is 0 Å². The van der Waals surface area contributed by atoms with Crippen LogP contribution in [-0.2, 0) is 22.7 Å². The summed E-state index contributed by atoms with van der Waals surface area (Å²) in [6.07, 6.45) is 1.76. The quantitative estimate of drug-likeness (QED) is 0.665. The number of carbonyl (C=O) groups excluding carboxylic acids is 3. The van der Waals surface area contributed by atoms with E-state index in [2.05, 4.69) is 16.0 Å². The van der Waals surface area contributed by atoms with Crippen LogP contribution in [0.3, 0.4) is 0 Å². The monoisotopic (exact) mass is 342 g/mol. The van der Waals surface area contributed by atoms with Crippen molar-refractivity contribution in [1.82, 2.24) is 20.9 Å². The van der Waals surface area contributed by atoms with E-state index in [9.17, 15) is 14.4 Å². The number of piperidine rings is 1. The van der Waals surface area contributed by atoms with E-state index >= 15 is 0 Å². The summed E-state index contributed by atoms with van der Waals surface area (Å²) in [6.45, 7) is 3.04. The van der Waals surface area contributed by atoms with Gasteiger partial charge in [0.1, 0.15) is 6.04 Å². The number of hydrogen-bond donors (Lipinski definition) is 3. The Bertz CT molecular complexity index is 727. The first kappa shape index (κ1) is 16.2. The van der Waals surface area contributed by atoms with E-state index in [4.69, 9.17) is 0 Å². The Morgan fingerprint density at radius 2 is 2.08 bits per heavy atom. The predicted molar refractivity (Wildman–Crippen MR) is 90.6 cm³/mol. The SMILES string of the molecule is O=C1CCC(N2Cc3cccc(CN[C@H]4CCNC4)c3C2=O)C(=O)N1. The van der Waals surface area contributed by atoms with Gasteiger partial charge in [0, 0.05) is 37.7 Å². The highest BCUT2D eigenvalue weighted by molar-refractivity contribution is 6.05. The van der Waals surface area contributed by atoms with Crippen LogP contribution in [-0.4, -0.2) is 47.8 Å². The summed E-state index contributed by atoms with van der Waals surface area (Å²) in [6, 6.07) is 5.75. The van der Waals surface area contributed by atoms with Gasteiger partial charge in [0.05, 0.1) is 0 Å². The van der Waals surface area contributed by atoms with E-state index in [1.54, 1.807) is 4.90 Å². The van der Waals surface area contributed by atoms with Crippen molar-refractivity contribution in [2.24, 2.45) is 0 Å². The molecule has 2 atom stereocenters. The minimum absolute atomic E-state index is 0.105. The molecule has 7 nitrogen and oxygen atoms in total. The number of hydrogen-bond acceptors (Lipinski definition) is 5. The standard InChI is InChI=1S/C18H22N4O3/c23-15-5-4-14(17(24)21-15)22-10-12-3-1-2-11(16(12)18(22)25)8-20-13-6-7-19-9-13/h1-3,13-14,19-20H,4-10H2,(H,21,23,24)/t13-,14?/m0/s1. The number of imide groups is 1. The normalized spacial score (nSPS) is 26.1. The van der Waals surface area contributed by atoms with Gasteiger partial charge in [0.25, 0.3) is 5.91 Å². The highest BCUT2D eigenvalue weighted by atomic mass is 16.2. The van der Waals surface area contributed by atoms with Crippen LogP contribution in [0.15, 0.2) is 18.2 Å². The van der Waals surface area contributed by atoms with Gasteiger partial charge in [-0.3, -0.25) is 19.7 Å². The molecule has 1 aromatic carbocycles. The molecule has 0 spiro atoms. The number of carbonyl (C=O) groups is 3. The maximum absolute atomic E-state index is 13.0. The van der Waals surface area contributed by atoms with Crippen molar-refractivity contribution < 1.29 is 14.4 Å². The Labute approximate surface area is 146 Å². The summed E-state index contributed by atoms with van der Waals surface area (Å²) < 4.78 is 0. The first-order chi connectivity index (χ1) is 12.1. The van der Waals surface area contributed by atoms with E-state index in [1.165, 1.54) is 0 Å². The lowest BCUT2D eigenvalue weighted by molar-refractivity contribution is -0.136. The summed E-state index contributed by atoms with van der Waals surface area (Å²) in [7, 11) is 0. The molecular weight excluding hydrogens is 320 g/mol. The van der Waals surface area contributed by atoms with Crippen molar-refractivity contribution >= 4 is 17.7 Å². The number of nitrogens with zero attached hydrogens (tertiary/aromatic N) is 1. The molecule has 25 heavy (non-hydrogen) atoms. The predicted octanol–water partition coefficient (Wildman–Crippen LogP) is -0.101. The third kappa shape index (κ3) is 3.05. The maximum atomic E-state index is 13.0. The van der Waals surface area contributed by atoms with Crippen molar-refractivity contribution in [2.75, 3.05) is 13.1 Å². The van der Waals surface area contributed by atoms with Gasteiger partial charge in [-0.05, 0) is 30.5 Å². The molecule has 4 rings (SSSR count). The first-order valence-electron chi connectivity index (χ1n) is 8.83. The highest BCUT2D eigenvalue weighted by Gasteiger charge is 2.39. The van der Waals surface area contributed by atoms with Crippen LogP contribution in [0.5, 0.6) is 0 Å². The zero-order valence-electron chi connectivity index (χ0n) is 14.0. The summed E-state index contributed by atoms with van der Waals surface area (Å²) in [5, 5.41) is 9.16. The van der Waals surface area contributed by atoms with Crippen LogP contribution in [0, 0.1) is 0 Å². The molecule has 2 saturated heterocycles. The smallest absolute Gasteiger partial charge is 0.255 e. The van der Waals surface area contributed by atoms with Gasteiger partial charge in [0.15, 0.2) is 0 Å². The lowest BCUT2D eigenvalue weighted by Gasteiger charge is -2.29. The Balaban J connectivity index is 1.52. The van der Waals surface area contributed by atoms with Gasteiger partial charge < -0.3 is 15.5 Å². The molecule has 3 N–H and O–H groups in total. The lowest BCUT2D eigenvalue weighted by atomic mass is 10.0. The van der Waals surface area contributed by atoms with Crippen LogP contribution in [0.1, 0.15) is 40.7 Å². The van der Waals surface area contributed by atoms with Crippen LogP contribution in [0.2, 0.25) is 0 Å². The van der Waals surface area contributed by atoms with Crippen molar-refractivity contribution in [1.29, 1.82) is 0 Å². The summed E-state index contributed by atoms with van der Waals surface area (Å²) in [5.41, 5.74) is 2.65. The summed E-state index contributed by atoms with van der Waals surface area (Å²) in [4.78, 5) is 38.0. The van der Waals surface area contributed by atoms with E-state index in [0.29, 0.717) is 31.1 Å². The van der Waals surface area contributed by atoms with Crippen LogP contribution in [0.4, 0.5) is 0 Å². The molecular formula is C18H22N4O3. The molecule has 3 aliphatic rings. The van der Waals surface area contributed by atoms with Crippen LogP contribution < -0.4 is 16.0 Å². The second kappa shape index (κ2) is 6.57. The van der Waals surface area contributed by atoms with E-state index in [0.717, 1.165) is 30.6 Å². The van der Waals surface area contributed by atoms with Crippen molar-refractivity contribution in [3.05, 3.63) is 34.9 Å². The number of fused-ring (bicyclic) bond motifs is 1. The molecule has 3 aliphatic heterocycles. The van der Waals surface area contributed by atoms with Crippen molar-refractivity contribution in [2.45, 2.75) is 44.4 Å². The first-order valence-corrected chi connectivity index (χ1v) is 8.83. The lowest BCUT2D eigenvalue weighted by Crippen LogP contribution is -2.52. The van der Waals surface area contributed by atoms with Gasteiger partial charge in [-0.15, -0.1) is 0 Å². The molecule has 1 unspecified atom stereocenters. The van der Waals surface area contributed by atoms with Crippen molar-refractivity contribution in [3.8, 4) is 0 Å². The minimum Gasteiger partial charge on any atom is -0.322 e. The maximum Gasteiger partial charge on any atom is 0.255 e. The summed E-state index contributed by atoms with van der Waals surface area (Å²) in [5.74, 6) is -0.735. The minimum atomic E-state index is -0.558. The Hall–Kier alpha value is -2.25. The van der Waals surface area contributed by atoms with Gasteiger partial charge in [0.2, 0.25) is 11.8 Å². The number of nitrogens with one attached hydrogen (secondary N) is 3. The summed E-state index contributed by atoms with van der Waals surface area (Å²) >= 11 is 0. The number of benzene rings is 1. The highest BCUT2D eigenvalue weighted by Crippen LogP contribution is 2.29. The van der Waals surface area contributed by atoms with E-state index in [1.807, 2.05) is 18.2 Å². The third-order valence-electron chi connectivity index (χ3n) is 5.28. The molecule has 0 aliphatic carbocycles. The zero-order chi connectivity index (χ0) is 17.4. The molecule has 132 valence electrons. The molecule has 2 fully saturated rings. The zero-order valence-corrected chi connectivity index (χ0v) is 14.0. The molecule has 0 bridgehead atoms. The molecule has 3 amide bonds. The fourth-order valence-electron chi connectivity index (χ4n) is 3.92. The second-order valence-corrected chi connectivity index (χ2v) is 6.92. The largest absolute Gasteiger partial charge is 0.322 e.